The molecule has 0 aliphatic carbocycles. The molecule has 3 rings (SSSR count). The minimum absolute atomic E-state index is 0.672. The van der Waals surface area contributed by atoms with Gasteiger partial charge in [0.25, 0.3) is 0 Å². The van der Waals surface area contributed by atoms with E-state index in [0.717, 1.165) is 16.5 Å². The van der Waals surface area contributed by atoms with Crippen LogP contribution in [0, 0.1) is 13.8 Å². The first-order valence-corrected chi connectivity index (χ1v) is 7.99. The highest BCUT2D eigenvalue weighted by Crippen LogP contribution is 2.40. The number of thioether (sulfide) groups is 1. The number of nitrogens with zero attached hydrogens (tertiary/aromatic N) is 1. The van der Waals surface area contributed by atoms with E-state index in [0.29, 0.717) is 6.54 Å². The molecule has 0 saturated heterocycles. The summed E-state index contributed by atoms with van der Waals surface area (Å²) in [6.07, 6.45) is 0. The number of aryl methyl sites for hydroxylation is 2. The molecule has 22 heavy (non-hydrogen) atoms. The van der Waals surface area contributed by atoms with Crippen molar-refractivity contribution in [2.45, 2.75) is 25.3 Å². The van der Waals surface area contributed by atoms with E-state index in [9.17, 15) is 0 Å². The van der Waals surface area contributed by atoms with Crippen molar-refractivity contribution < 1.29 is 9.47 Å². The van der Waals surface area contributed by atoms with E-state index < -0.39 is 0 Å². The third-order valence-corrected chi connectivity index (χ3v) is 4.99. The van der Waals surface area contributed by atoms with Crippen molar-refractivity contribution >= 4 is 16.8 Å². The second-order valence-corrected chi connectivity index (χ2v) is 6.34. The van der Waals surface area contributed by atoms with Gasteiger partial charge in [0.1, 0.15) is 5.04 Å². The SMILES string of the molecule is COc1cc2c(cc1OC)SC(c1c(C)cccc1C)=NC2. The minimum atomic E-state index is 0.672. The van der Waals surface area contributed by atoms with Crippen LogP contribution < -0.4 is 9.47 Å². The molecule has 0 fully saturated rings. The first kappa shape index (κ1) is 15.0. The molecule has 0 unspecified atom stereocenters. The lowest BCUT2D eigenvalue weighted by molar-refractivity contribution is 0.353. The number of hydrogen-bond donors (Lipinski definition) is 0. The topological polar surface area (TPSA) is 30.8 Å². The Morgan fingerprint density at radius 2 is 1.64 bits per heavy atom. The third kappa shape index (κ3) is 2.59. The Balaban J connectivity index is 2.01. The van der Waals surface area contributed by atoms with Gasteiger partial charge >= 0.3 is 0 Å². The number of aliphatic imine (C=N–C) groups is 1. The molecule has 0 aromatic heterocycles. The van der Waals surface area contributed by atoms with E-state index in [1.54, 1.807) is 26.0 Å². The molecule has 4 heteroatoms. The Hall–Kier alpha value is -1.94. The summed E-state index contributed by atoms with van der Waals surface area (Å²) in [5.41, 5.74) is 4.94. The Labute approximate surface area is 135 Å². The van der Waals surface area contributed by atoms with E-state index in [4.69, 9.17) is 14.5 Å². The van der Waals surface area contributed by atoms with E-state index in [1.165, 1.54) is 27.1 Å². The highest BCUT2D eigenvalue weighted by Gasteiger charge is 2.20. The first-order valence-electron chi connectivity index (χ1n) is 7.18. The number of hydrogen-bond acceptors (Lipinski definition) is 4. The summed E-state index contributed by atoms with van der Waals surface area (Å²) in [7, 11) is 3.32. The number of ether oxygens (including phenoxy) is 2. The van der Waals surface area contributed by atoms with Gasteiger partial charge in [-0.25, -0.2) is 0 Å². The lowest BCUT2D eigenvalue weighted by Crippen LogP contribution is -2.08. The quantitative estimate of drug-likeness (QED) is 0.843. The Bertz CT molecular complexity index is 733. The van der Waals surface area contributed by atoms with Gasteiger partial charge in [0.05, 0.1) is 20.8 Å². The molecule has 0 saturated carbocycles. The van der Waals surface area contributed by atoms with Gasteiger partial charge in [0, 0.05) is 10.5 Å². The summed E-state index contributed by atoms with van der Waals surface area (Å²) in [4.78, 5) is 5.96. The minimum Gasteiger partial charge on any atom is -0.493 e. The van der Waals surface area contributed by atoms with Gasteiger partial charge in [-0.05, 0) is 42.7 Å². The van der Waals surface area contributed by atoms with Crippen molar-refractivity contribution in [1.82, 2.24) is 0 Å². The maximum Gasteiger partial charge on any atom is 0.161 e. The van der Waals surface area contributed by atoms with Gasteiger partial charge in [-0.3, -0.25) is 4.99 Å². The van der Waals surface area contributed by atoms with Crippen molar-refractivity contribution in [2.75, 3.05) is 14.2 Å². The van der Waals surface area contributed by atoms with Gasteiger partial charge in [-0.15, -0.1) is 0 Å². The molecule has 0 atom stereocenters. The second-order valence-electron chi connectivity index (χ2n) is 5.31. The number of methoxy groups -OCH3 is 2. The van der Waals surface area contributed by atoms with Crippen LogP contribution in [0.15, 0.2) is 40.2 Å². The largest absolute Gasteiger partial charge is 0.493 e. The summed E-state index contributed by atoms with van der Waals surface area (Å²) in [6.45, 7) is 4.94. The van der Waals surface area contributed by atoms with Gasteiger partial charge in [0.15, 0.2) is 11.5 Å². The summed E-state index contributed by atoms with van der Waals surface area (Å²) in [6, 6.07) is 10.4. The van der Waals surface area contributed by atoms with Gasteiger partial charge < -0.3 is 9.47 Å². The van der Waals surface area contributed by atoms with Gasteiger partial charge in [-0.1, -0.05) is 30.0 Å². The van der Waals surface area contributed by atoms with Crippen LogP contribution in [-0.2, 0) is 6.54 Å². The van der Waals surface area contributed by atoms with E-state index in [-0.39, 0.29) is 0 Å². The summed E-state index contributed by atoms with van der Waals surface area (Å²) >= 11 is 1.70. The standard InChI is InChI=1S/C18H19NO2S/c1-11-6-5-7-12(2)17(11)18-19-10-13-8-14(20-3)15(21-4)9-16(13)22-18/h5-9H,10H2,1-4H3. The first-order chi connectivity index (χ1) is 10.6. The van der Waals surface area contributed by atoms with E-state index in [2.05, 4.69) is 32.0 Å². The predicted molar refractivity (Wildman–Crippen MR) is 91.6 cm³/mol. The molecule has 0 amide bonds. The van der Waals surface area contributed by atoms with Crippen LogP contribution in [0.3, 0.4) is 0 Å². The van der Waals surface area contributed by atoms with Crippen LogP contribution in [0.25, 0.3) is 0 Å². The average molecular weight is 313 g/mol. The van der Waals surface area contributed by atoms with E-state index >= 15 is 0 Å². The van der Waals surface area contributed by atoms with Gasteiger partial charge in [-0.2, -0.15) is 0 Å². The lowest BCUT2D eigenvalue weighted by Gasteiger charge is -2.20. The van der Waals surface area contributed by atoms with Crippen LogP contribution in [0.1, 0.15) is 22.3 Å². The van der Waals surface area contributed by atoms with Crippen molar-refractivity contribution in [3.05, 3.63) is 52.6 Å². The highest BCUT2D eigenvalue weighted by atomic mass is 32.2. The van der Waals surface area contributed by atoms with Crippen LogP contribution in [0.2, 0.25) is 0 Å². The fourth-order valence-electron chi connectivity index (χ4n) is 2.70. The molecule has 0 spiro atoms. The Morgan fingerprint density at radius 1 is 1.00 bits per heavy atom. The molecule has 0 N–H and O–H groups in total. The summed E-state index contributed by atoms with van der Waals surface area (Å²) < 4.78 is 10.8. The van der Waals surface area contributed by atoms with Crippen LogP contribution in [-0.4, -0.2) is 19.3 Å². The zero-order valence-corrected chi connectivity index (χ0v) is 14.1. The zero-order chi connectivity index (χ0) is 15.7. The highest BCUT2D eigenvalue weighted by molar-refractivity contribution is 8.14. The fraction of sp³-hybridized carbons (Fsp3) is 0.278. The van der Waals surface area contributed by atoms with Gasteiger partial charge in [0.2, 0.25) is 0 Å². The monoisotopic (exact) mass is 313 g/mol. The van der Waals surface area contributed by atoms with Crippen molar-refractivity contribution in [1.29, 1.82) is 0 Å². The molecule has 0 radical (unpaired) electrons. The molecular weight excluding hydrogens is 294 g/mol. The zero-order valence-electron chi connectivity index (χ0n) is 13.3. The Kier molecular flexibility index (Phi) is 4.12. The van der Waals surface area contributed by atoms with Crippen LogP contribution in [0.4, 0.5) is 0 Å². The molecular formula is C18H19NO2S. The number of rotatable bonds is 3. The molecule has 1 aliphatic heterocycles. The van der Waals surface area contributed by atoms with Crippen molar-refractivity contribution in [2.24, 2.45) is 4.99 Å². The van der Waals surface area contributed by atoms with Crippen molar-refractivity contribution in [3.63, 3.8) is 0 Å². The molecule has 114 valence electrons. The molecule has 2 aromatic carbocycles. The second kappa shape index (κ2) is 6.05. The maximum atomic E-state index is 5.41. The van der Waals surface area contributed by atoms with Crippen molar-refractivity contribution in [3.8, 4) is 11.5 Å². The normalized spacial score (nSPS) is 13.4. The Morgan fingerprint density at radius 3 is 2.27 bits per heavy atom. The fourth-order valence-corrected chi connectivity index (χ4v) is 3.88. The summed E-state index contributed by atoms with van der Waals surface area (Å²) in [5, 5.41) is 1.08. The molecule has 1 aliphatic rings. The molecule has 2 aromatic rings. The smallest absolute Gasteiger partial charge is 0.161 e. The summed E-state index contributed by atoms with van der Waals surface area (Å²) in [5.74, 6) is 1.52. The van der Waals surface area contributed by atoms with Crippen LogP contribution >= 0.6 is 11.8 Å². The van der Waals surface area contributed by atoms with E-state index in [1.807, 2.05) is 12.1 Å². The van der Waals surface area contributed by atoms with Crippen LogP contribution in [0.5, 0.6) is 11.5 Å². The third-order valence-electron chi connectivity index (χ3n) is 3.86. The maximum absolute atomic E-state index is 5.41. The molecule has 3 nitrogen and oxygen atoms in total. The molecule has 0 bridgehead atoms. The average Bonchev–Trinajstić information content (AvgIpc) is 2.53. The lowest BCUT2D eigenvalue weighted by atomic mass is 10.0. The predicted octanol–water partition coefficient (Wildman–Crippen LogP) is 4.37. The molecule has 1 heterocycles. The number of benzene rings is 2. The number of fused-ring (bicyclic) bond motifs is 1.